The molecule has 0 saturated carbocycles. The zero-order valence-corrected chi connectivity index (χ0v) is 14.4. The van der Waals surface area contributed by atoms with Gasteiger partial charge in [0, 0.05) is 6.54 Å². The van der Waals surface area contributed by atoms with Crippen molar-refractivity contribution in [1.82, 2.24) is 16.3 Å². The van der Waals surface area contributed by atoms with Crippen LogP contribution in [0.1, 0.15) is 5.56 Å². The first-order valence-electron chi connectivity index (χ1n) is 7.51. The van der Waals surface area contributed by atoms with Crippen LogP contribution in [-0.2, 0) is 4.79 Å². The van der Waals surface area contributed by atoms with Crippen LogP contribution in [0, 0.1) is 0 Å². The van der Waals surface area contributed by atoms with Crippen molar-refractivity contribution >= 4 is 28.1 Å². The van der Waals surface area contributed by atoms with E-state index in [-0.39, 0.29) is 16.8 Å². The number of carbonyl (C=O) groups excluding carboxylic acids is 1. The molecule has 24 heavy (non-hydrogen) atoms. The molecule has 2 unspecified atom stereocenters. The topological polar surface area (TPSA) is 74.8 Å². The molecule has 1 saturated heterocycles. The zero-order valence-electron chi connectivity index (χ0n) is 12.8. The first kappa shape index (κ1) is 16.5. The number of nitrogens with zero attached hydrogens (tertiary/aromatic N) is 1. The number of hydrogen-bond donors (Lipinski definition) is 3. The van der Waals surface area contributed by atoms with Gasteiger partial charge in [0.25, 0.3) is 0 Å². The van der Waals surface area contributed by atoms with Gasteiger partial charge in [-0.2, -0.15) is 5.10 Å². The minimum Gasteiger partial charge on any atom is -0.457 e. The van der Waals surface area contributed by atoms with Gasteiger partial charge in [0.05, 0.1) is 12.3 Å². The van der Waals surface area contributed by atoms with Crippen LogP contribution < -0.4 is 21.0 Å². The summed E-state index contributed by atoms with van der Waals surface area (Å²) in [5.41, 5.74) is 9.25. The molecule has 1 amide bonds. The number of amides is 1. The van der Waals surface area contributed by atoms with E-state index < -0.39 is 0 Å². The summed E-state index contributed by atoms with van der Waals surface area (Å²) in [5, 5.41) is 4.22. The maximum atomic E-state index is 11.5. The van der Waals surface area contributed by atoms with Crippen molar-refractivity contribution in [1.29, 1.82) is 0 Å². The third kappa shape index (κ3) is 4.33. The van der Waals surface area contributed by atoms with Gasteiger partial charge in [-0.25, -0.2) is 5.43 Å². The number of para-hydroxylation sites is 1. The van der Waals surface area contributed by atoms with Gasteiger partial charge in [-0.15, -0.1) is 0 Å². The molecule has 1 aliphatic heterocycles. The number of nitrogens with one attached hydrogen (secondary N) is 3. The minimum absolute atomic E-state index is 0.118. The Kier molecular flexibility index (Phi) is 5.45. The number of rotatable bonds is 5. The lowest BCUT2D eigenvalue weighted by Gasteiger charge is -2.27. The van der Waals surface area contributed by atoms with Crippen LogP contribution in [0.25, 0.3) is 0 Å². The largest absolute Gasteiger partial charge is 0.457 e. The van der Waals surface area contributed by atoms with Crippen LogP contribution in [0.15, 0.2) is 59.7 Å². The molecular weight excluding hydrogens is 372 g/mol. The Morgan fingerprint density at radius 2 is 1.96 bits per heavy atom. The van der Waals surface area contributed by atoms with E-state index in [0.29, 0.717) is 6.54 Å². The van der Waals surface area contributed by atoms with Gasteiger partial charge < -0.3 is 10.2 Å². The van der Waals surface area contributed by atoms with Crippen molar-refractivity contribution in [2.24, 2.45) is 5.10 Å². The number of hydrazone groups is 1. The average molecular weight is 389 g/mol. The second kappa shape index (κ2) is 7.94. The van der Waals surface area contributed by atoms with E-state index in [0.717, 1.165) is 17.1 Å². The van der Waals surface area contributed by atoms with Gasteiger partial charge in [-0.1, -0.05) is 46.3 Å². The lowest BCUT2D eigenvalue weighted by atomic mass is 10.2. The molecule has 0 bridgehead atoms. The van der Waals surface area contributed by atoms with Crippen molar-refractivity contribution < 1.29 is 9.53 Å². The summed E-state index contributed by atoms with van der Waals surface area (Å²) >= 11 is 3.35. The Morgan fingerprint density at radius 1 is 1.17 bits per heavy atom. The molecule has 0 radical (unpaired) electrons. The Labute approximate surface area is 148 Å². The summed E-state index contributed by atoms with van der Waals surface area (Å²) in [6.07, 6.45) is 1.70. The van der Waals surface area contributed by atoms with Crippen LogP contribution >= 0.6 is 15.9 Å². The number of hydrazine groups is 1. The number of halogens is 1. The quantitative estimate of drug-likeness (QED) is 0.416. The van der Waals surface area contributed by atoms with E-state index in [2.05, 4.69) is 37.3 Å². The molecule has 2 aromatic carbocycles. The fraction of sp³-hybridized carbons (Fsp3) is 0.176. The third-order valence-corrected chi connectivity index (χ3v) is 4.48. The molecule has 0 aromatic heterocycles. The van der Waals surface area contributed by atoms with Crippen LogP contribution in [0.4, 0.5) is 0 Å². The summed E-state index contributed by atoms with van der Waals surface area (Å²) < 4.78 is 5.79. The van der Waals surface area contributed by atoms with Crippen molar-refractivity contribution in [3.63, 3.8) is 0 Å². The molecule has 1 heterocycles. The molecule has 0 aliphatic carbocycles. The Morgan fingerprint density at radius 3 is 2.79 bits per heavy atom. The van der Waals surface area contributed by atoms with Gasteiger partial charge in [0.15, 0.2) is 0 Å². The first-order chi connectivity index (χ1) is 11.7. The number of ether oxygens (including phenoxy) is 1. The van der Waals surface area contributed by atoms with E-state index in [4.69, 9.17) is 4.74 Å². The van der Waals surface area contributed by atoms with Crippen LogP contribution in [0.2, 0.25) is 0 Å². The van der Waals surface area contributed by atoms with Crippen LogP contribution in [0.3, 0.4) is 0 Å². The second-order valence-electron chi connectivity index (χ2n) is 5.25. The van der Waals surface area contributed by atoms with Crippen LogP contribution in [-0.4, -0.2) is 29.5 Å². The van der Waals surface area contributed by atoms with Gasteiger partial charge >= 0.3 is 0 Å². The summed E-state index contributed by atoms with van der Waals surface area (Å²) in [4.78, 5) is 11.2. The molecule has 6 nitrogen and oxygen atoms in total. The molecule has 2 aromatic rings. The Hall–Kier alpha value is -2.38. The lowest BCUT2D eigenvalue weighted by molar-refractivity contribution is -0.123. The third-order valence-electron chi connectivity index (χ3n) is 3.43. The molecular formula is C17H17BrN4O2. The highest BCUT2D eigenvalue weighted by atomic mass is 79.9. The molecule has 3 N–H and O–H groups in total. The highest BCUT2D eigenvalue weighted by molar-refractivity contribution is 9.10. The lowest BCUT2D eigenvalue weighted by Crippen LogP contribution is -2.59. The fourth-order valence-electron chi connectivity index (χ4n) is 2.20. The fourth-order valence-corrected chi connectivity index (χ4v) is 2.62. The van der Waals surface area contributed by atoms with Crippen LogP contribution in [0.5, 0.6) is 11.5 Å². The minimum atomic E-state index is -0.330. The van der Waals surface area contributed by atoms with E-state index in [1.807, 2.05) is 54.6 Å². The molecule has 1 aliphatic rings. The maximum Gasteiger partial charge on any atom is 0.250 e. The normalized spacial score (nSPS) is 20.6. The first-order valence-corrected chi connectivity index (χ1v) is 8.42. The zero-order chi connectivity index (χ0) is 16.8. The van der Waals surface area contributed by atoms with E-state index >= 15 is 0 Å². The van der Waals surface area contributed by atoms with E-state index in [1.54, 1.807) is 6.21 Å². The predicted octanol–water partition coefficient (Wildman–Crippen LogP) is 2.17. The summed E-state index contributed by atoms with van der Waals surface area (Å²) in [6.45, 7) is 0.580. The Bertz CT molecular complexity index is 724. The number of carbonyl (C=O) groups is 1. The molecule has 1 fully saturated rings. The van der Waals surface area contributed by atoms with Crippen molar-refractivity contribution in [3.05, 3.63) is 60.2 Å². The van der Waals surface area contributed by atoms with Gasteiger partial charge in [0.1, 0.15) is 16.3 Å². The second-order valence-corrected chi connectivity index (χ2v) is 6.24. The van der Waals surface area contributed by atoms with Crippen molar-refractivity contribution in [2.75, 3.05) is 6.54 Å². The number of alkyl halides is 1. The van der Waals surface area contributed by atoms with Gasteiger partial charge in [0.2, 0.25) is 5.91 Å². The van der Waals surface area contributed by atoms with Crippen molar-refractivity contribution in [2.45, 2.75) is 10.9 Å². The predicted molar refractivity (Wildman–Crippen MR) is 96.3 cm³/mol. The number of hydrogen-bond acceptors (Lipinski definition) is 5. The molecule has 124 valence electrons. The smallest absolute Gasteiger partial charge is 0.250 e. The van der Waals surface area contributed by atoms with Gasteiger partial charge in [-0.05, 0) is 29.8 Å². The molecule has 3 rings (SSSR count). The Balaban J connectivity index is 1.61. The van der Waals surface area contributed by atoms with Gasteiger partial charge in [-0.3, -0.25) is 10.2 Å². The van der Waals surface area contributed by atoms with E-state index in [9.17, 15) is 4.79 Å². The highest BCUT2D eigenvalue weighted by Crippen LogP contribution is 2.21. The SMILES string of the molecule is O=C1NNCC(N/N=C\c2cccc(Oc3ccccc3)c2)C1Br. The molecule has 0 spiro atoms. The van der Waals surface area contributed by atoms with E-state index in [1.165, 1.54) is 0 Å². The average Bonchev–Trinajstić information content (AvgIpc) is 2.60. The molecule has 2 atom stereocenters. The summed E-state index contributed by atoms with van der Waals surface area (Å²) in [5.74, 6) is 1.40. The van der Waals surface area contributed by atoms with Crippen molar-refractivity contribution in [3.8, 4) is 11.5 Å². The monoisotopic (exact) mass is 388 g/mol. The number of benzene rings is 2. The summed E-state index contributed by atoms with van der Waals surface area (Å²) in [7, 11) is 0. The standard InChI is InChI=1S/C17H17BrN4O2/c18-16-15(11-20-22-17(16)23)21-19-10-12-5-4-8-14(9-12)24-13-6-2-1-3-7-13/h1-10,15-16,20-21H,11H2,(H,22,23)/b19-10-. The highest BCUT2D eigenvalue weighted by Gasteiger charge is 2.29. The molecule has 7 heteroatoms. The maximum absolute atomic E-state index is 11.5. The summed E-state index contributed by atoms with van der Waals surface area (Å²) in [6, 6.07) is 17.1.